The summed E-state index contributed by atoms with van der Waals surface area (Å²) < 4.78 is 0. The lowest BCUT2D eigenvalue weighted by Crippen LogP contribution is -2.26. The van der Waals surface area contributed by atoms with Crippen LogP contribution in [0.1, 0.15) is 11.1 Å². The Morgan fingerprint density at radius 1 is 1.26 bits per heavy atom. The van der Waals surface area contributed by atoms with E-state index in [9.17, 15) is 0 Å². The fourth-order valence-corrected chi connectivity index (χ4v) is 2.07. The van der Waals surface area contributed by atoms with Gasteiger partial charge in [-0.25, -0.2) is 0 Å². The van der Waals surface area contributed by atoms with E-state index < -0.39 is 0 Å². The molecular formula is C15H22N4. The van der Waals surface area contributed by atoms with E-state index in [1.54, 1.807) is 0 Å². The number of nitrogens with one attached hydrogen (secondary N) is 2. The molecule has 2 N–H and O–H groups in total. The molecule has 1 heterocycles. The minimum Gasteiger partial charge on any atom is -0.318 e. The van der Waals surface area contributed by atoms with Gasteiger partial charge >= 0.3 is 0 Å². The number of H-pyrrole nitrogens is 1. The zero-order valence-electron chi connectivity index (χ0n) is 11.9. The molecule has 0 aliphatic rings. The summed E-state index contributed by atoms with van der Waals surface area (Å²) >= 11 is 0. The van der Waals surface area contributed by atoms with Crippen molar-refractivity contribution >= 4 is 0 Å². The molecule has 19 heavy (non-hydrogen) atoms. The summed E-state index contributed by atoms with van der Waals surface area (Å²) in [6.07, 6.45) is 1.92. The van der Waals surface area contributed by atoms with Crippen molar-refractivity contribution in [3.8, 4) is 11.3 Å². The van der Waals surface area contributed by atoms with E-state index in [1.807, 2.05) is 13.2 Å². The fraction of sp³-hybridized carbons (Fsp3) is 0.400. The van der Waals surface area contributed by atoms with Crippen molar-refractivity contribution in [1.29, 1.82) is 0 Å². The first-order valence-electron chi connectivity index (χ1n) is 6.63. The molecule has 0 radical (unpaired) electrons. The molecule has 2 aromatic rings. The Morgan fingerprint density at radius 3 is 2.68 bits per heavy atom. The average molecular weight is 258 g/mol. The van der Waals surface area contributed by atoms with Crippen molar-refractivity contribution in [2.24, 2.45) is 0 Å². The lowest BCUT2D eigenvalue weighted by molar-refractivity contribution is 0.328. The maximum atomic E-state index is 4.19. The third-order valence-electron chi connectivity index (χ3n) is 3.24. The first kappa shape index (κ1) is 13.8. The zero-order chi connectivity index (χ0) is 13.7. The van der Waals surface area contributed by atoms with E-state index in [2.05, 4.69) is 58.7 Å². The summed E-state index contributed by atoms with van der Waals surface area (Å²) in [6, 6.07) is 8.54. The number of aromatic nitrogens is 2. The second-order valence-electron chi connectivity index (χ2n) is 4.98. The van der Waals surface area contributed by atoms with Gasteiger partial charge in [-0.1, -0.05) is 29.8 Å². The van der Waals surface area contributed by atoms with Gasteiger partial charge in [-0.15, -0.1) is 0 Å². The number of aromatic amines is 1. The van der Waals surface area contributed by atoms with Crippen molar-refractivity contribution in [3.05, 3.63) is 41.6 Å². The van der Waals surface area contributed by atoms with Gasteiger partial charge in [0.1, 0.15) is 0 Å². The maximum absolute atomic E-state index is 4.19. The van der Waals surface area contributed by atoms with Crippen LogP contribution >= 0.6 is 0 Å². The number of likely N-dealkylation sites (N-methyl/N-ethyl adjacent to an activating group) is 2. The second-order valence-corrected chi connectivity index (χ2v) is 4.98. The maximum Gasteiger partial charge on any atom is 0.0695 e. The van der Waals surface area contributed by atoms with E-state index in [0.29, 0.717) is 0 Å². The third-order valence-corrected chi connectivity index (χ3v) is 3.24. The first-order valence-corrected chi connectivity index (χ1v) is 6.63. The highest BCUT2D eigenvalue weighted by Crippen LogP contribution is 2.22. The monoisotopic (exact) mass is 258 g/mol. The number of hydrogen-bond donors (Lipinski definition) is 2. The van der Waals surface area contributed by atoms with Crippen LogP contribution in [0.25, 0.3) is 11.3 Å². The van der Waals surface area contributed by atoms with Gasteiger partial charge in [-0.05, 0) is 26.6 Å². The van der Waals surface area contributed by atoms with Crippen molar-refractivity contribution in [3.63, 3.8) is 0 Å². The van der Waals surface area contributed by atoms with Crippen LogP contribution in [-0.4, -0.2) is 42.3 Å². The van der Waals surface area contributed by atoms with E-state index in [1.165, 1.54) is 16.7 Å². The molecule has 0 aliphatic heterocycles. The summed E-state index contributed by atoms with van der Waals surface area (Å²) in [6.45, 7) is 5.02. The van der Waals surface area contributed by atoms with Gasteiger partial charge in [0.2, 0.25) is 0 Å². The van der Waals surface area contributed by atoms with Crippen LogP contribution in [0.3, 0.4) is 0 Å². The standard InChI is InChI=1S/C15H22N4/c1-12-4-6-13(7-5-12)15-14(10-17-18-15)11-19(3)9-8-16-2/h4-7,10,16H,8-9,11H2,1-3H3,(H,17,18). The van der Waals surface area contributed by atoms with Gasteiger partial charge in [0, 0.05) is 25.2 Å². The quantitative estimate of drug-likeness (QED) is 0.833. The summed E-state index contributed by atoms with van der Waals surface area (Å²) in [5, 5.41) is 10.5. The van der Waals surface area contributed by atoms with Crippen LogP contribution < -0.4 is 5.32 Å². The highest BCUT2D eigenvalue weighted by atomic mass is 15.1. The molecule has 2 rings (SSSR count). The van der Waals surface area contributed by atoms with Crippen LogP contribution in [0.15, 0.2) is 30.5 Å². The van der Waals surface area contributed by atoms with Gasteiger partial charge in [-0.3, -0.25) is 5.10 Å². The van der Waals surface area contributed by atoms with Gasteiger partial charge in [0.05, 0.1) is 11.9 Å². The molecule has 0 fully saturated rings. The van der Waals surface area contributed by atoms with Crippen LogP contribution in [0, 0.1) is 6.92 Å². The van der Waals surface area contributed by atoms with Gasteiger partial charge in [0.25, 0.3) is 0 Å². The molecule has 102 valence electrons. The number of benzene rings is 1. The van der Waals surface area contributed by atoms with Crippen molar-refractivity contribution in [2.75, 3.05) is 27.2 Å². The summed E-state index contributed by atoms with van der Waals surface area (Å²) in [5.41, 5.74) is 4.83. The Morgan fingerprint density at radius 2 is 2.00 bits per heavy atom. The van der Waals surface area contributed by atoms with E-state index in [-0.39, 0.29) is 0 Å². The minimum atomic E-state index is 0.904. The molecule has 0 unspecified atom stereocenters. The molecule has 0 bridgehead atoms. The summed E-state index contributed by atoms with van der Waals surface area (Å²) in [4.78, 5) is 2.29. The molecule has 4 heteroatoms. The van der Waals surface area contributed by atoms with Crippen molar-refractivity contribution in [2.45, 2.75) is 13.5 Å². The fourth-order valence-electron chi connectivity index (χ4n) is 2.07. The Hall–Kier alpha value is -1.65. The van der Waals surface area contributed by atoms with E-state index in [0.717, 1.165) is 25.3 Å². The molecule has 0 saturated carbocycles. The second kappa shape index (κ2) is 6.50. The van der Waals surface area contributed by atoms with Gasteiger partial charge < -0.3 is 10.2 Å². The molecule has 0 spiro atoms. The summed E-state index contributed by atoms with van der Waals surface area (Å²) in [7, 11) is 4.10. The van der Waals surface area contributed by atoms with Gasteiger partial charge in [0.15, 0.2) is 0 Å². The highest BCUT2D eigenvalue weighted by molar-refractivity contribution is 5.62. The van der Waals surface area contributed by atoms with E-state index in [4.69, 9.17) is 0 Å². The predicted octanol–water partition coefficient (Wildman–Crippen LogP) is 2.04. The Kier molecular flexibility index (Phi) is 4.71. The molecule has 0 amide bonds. The number of hydrogen-bond acceptors (Lipinski definition) is 3. The molecule has 0 aliphatic carbocycles. The third kappa shape index (κ3) is 3.66. The first-order chi connectivity index (χ1) is 9.20. The number of nitrogens with zero attached hydrogens (tertiary/aromatic N) is 2. The Labute approximate surface area is 114 Å². The lowest BCUT2D eigenvalue weighted by Gasteiger charge is -2.16. The average Bonchev–Trinajstić information content (AvgIpc) is 2.85. The molecular weight excluding hydrogens is 236 g/mol. The van der Waals surface area contributed by atoms with Crippen LogP contribution in [-0.2, 0) is 6.54 Å². The predicted molar refractivity (Wildman–Crippen MR) is 79.0 cm³/mol. The molecule has 1 aromatic heterocycles. The van der Waals surface area contributed by atoms with Crippen LogP contribution in [0.2, 0.25) is 0 Å². The van der Waals surface area contributed by atoms with Crippen LogP contribution in [0.4, 0.5) is 0 Å². The normalized spacial score (nSPS) is 11.2. The smallest absolute Gasteiger partial charge is 0.0695 e. The zero-order valence-corrected chi connectivity index (χ0v) is 11.9. The van der Waals surface area contributed by atoms with Crippen molar-refractivity contribution < 1.29 is 0 Å². The van der Waals surface area contributed by atoms with Crippen molar-refractivity contribution in [1.82, 2.24) is 20.4 Å². The SMILES string of the molecule is CNCCN(C)Cc1cn[nH]c1-c1ccc(C)cc1. The van der Waals surface area contributed by atoms with E-state index >= 15 is 0 Å². The Bertz CT molecular complexity index is 501. The number of aryl methyl sites for hydroxylation is 1. The molecule has 0 saturated heterocycles. The lowest BCUT2D eigenvalue weighted by atomic mass is 10.1. The molecule has 0 atom stereocenters. The minimum absolute atomic E-state index is 0.904. The Balaban J connectivity index is 2.11. The molecule has 1 aromatic carbocycles. The molecule has 4 nitrogen and oxygen atoms in total. The van der Waals surface area contributed by atoms with Crippen LogP contribution in [0.5, 0.6) is 0 Å². The topological polar surface area (TPSA) is 44.0 Å². The highest BCUT2D eigenvalue weighted by Gasteiger charge is 2.09. The summed E-state index contributed by atoms with van der Waals surface area (Å²) in [5.74, 6) is 0. The number of rotatable bonds is 6. The van der Waals surface area contributed by atoms with Gasteiger partial charge in [-0.2, -0.15) is 5.10 Å². The largest absolute Gasteiger partial charge is 0.318 e.